The molecule has 2 aliphatic heterocycles. The predicted molar refractivity (Wildman–Crippen MR) is 297 cm³/mol. The van der Waals surface area contributed by atoms with Gasteiger partial charge >= 0.3 is 5.97 Å². The predicted octanol–water partition coefficient (Wildman–Crippen LogP) is 11.2. The van der Waals surface area contributed by atoms with Crippen LogP contribution in [0.4, 0.5) is 0 Å². The van der Waals surface area contributed by atoms with Gasteiger partial charge in [0.15, 0.2) is 6.29 Å². The van der Waals surface area contributed by atoms with E-state index < -0.39 is 66.9 Å². The van der Waals surface area contributed by atoms with Crippen LogP contribution in [0.5, 0.6) is 0 Å². The number of esters is 1. The summed E-state index contributed by atoms with van der Waals surface area (Å²) in [4.78, 5) is 12.7. The van der Waals surface area contributed by atoms with Gasteiger partial charge in [-0.25, -0.2) is 0 Å². The van der Waals surface area contributed by atoms with Crippen LogP contribution in [-0.4, -0.2) is 93.8 Å². The van der Waals surface area contributed by atoms with Crippen LogP contribution in [0.2, 0.25) is 0 Å². The lowest BCUT2D eigenvalue weighted by Gasteiger charge is -2.53. The van der Waals surface area contributed by atoms with E-state index in [-0.39, 0.29) is 65.9 Å². The van der Waals surface area contributed by atoms with Gasteiger partial charge in [0.25, 0.3) is 0 Å². The molecule has 0 spiro atoms. The molecule has 79 heavy (non-hydrogen) atoms. The number of hydrogen-bond donors (Lipinski definition) is 0. The average Bonchev–Trinajstić information content (AvgIpc) is 3.66. The van der Waals surface area contributed by atoms with E-state index in [0.717, 1.165) is 38.9 Å². The summed E-state index contributed by atoms with van der Waals surface area (Å²) >= 11 is 0. The summed E-state index contributed by atoms with van der Waals surface area (Å²) in [6.07, 6.45) is -7.66. The summed E-state index contributed by atoms with van der Waals surface area (Å²) in [5, 5.41) is 0. The summed E-state index contributed by atoms with van der Waals surface area (Å²) in [5.74, 6) is -2.19. The standard InChI is InChI=1S/C66H72O13/c1-49(67)70-39-38-66(77-48-57-59(71-41-51-26-12-4-13-27-51)61(73-43-53-30-16-6-17-31-53)63(65(68-2)78-57)75-45-55-34-20-8-21-35-55)64(76-46-56-36-22-9-23-37-56)62(74-44-54-32-18-7-19-33-54)60(72-42-52-28-14-5-15-29-52)58(79-66)47-69-40-50-24-10-3-11-25-50/h3-37,57-65H,38-48H2,1-2H3/t57-,58-,59-,60+,61+,62+,63-,64-,65+,66+/m1/s1. The van der Waals surface area contributed by atoms with E-state index in [0.29, 0.717) is 6.61 Å². The lowest BCUT2D eigenvalue weighted by Crippen LogP contribution is -2.69. The molecule has 7 aromatic carbocycles. The Kier molecular flexibility index (Phi) is 21.9. The molecule has 0 radical (unpaired) electrons. The summed E-state index contributed by atoms with van der Waals surface area (Å²) < 4.78 is 82.6. The van der Waals surface area contributed by atoms with Crippen LogP contribution in [-0.2, 0) is 108 Å². The van der Waals surface area contributed by atoms with Crippen molar-refractivity contribution in [3.05, 3.63) is 251 Å². The first-order chi connectivity index (χ1) is 38.9. The Labute approximate surface area is 464 Å². The maximum Gasteiger partial charge on any atom is 0.302 e. The van der Waals surface area contributed by atoms with Gasteiger partial charge in [-0.3, -0.25) is 4.79 Å². The van der Waals surface area contributed by atoms with Crippen molar-refractivity contribution in [3.63, 3.8) is 0 Å². The number of carbonyl (C=O) groups is 1. The van der Waals surface area contributed by atoms with Crippen molar-refractivity contribution in [2.75, 3.05) is 26.9 Å². The SMILES string of the molecule is CO[C@H]1O[C@H](CO[C@@]2(CCOC(C)=O)O[C@H](COCc3ccccc3)[C@H](OCc3ccccc3)[C@H](OCc3ccccc3)[C@H]2OCc2ccccc2)[C@@H](OCc2ccccc2)[C@H](OCc2ccccc2)[C@H]1OCc1ccccc1. The Hall–Kier alpha value is -6.43. The van der Waals surface area contributed by atoms with Crippen LogP contribution in [0, 0.1) is 0 Å². The smallest absolute Gasteiger partial charge is 0.302 e. The molecule has 9 rings (SSSR count). The molecular formula is C66H72O13. The van der Waals surface area contributed by atoms with Gasteiger partial charge < -0.3 is 56.8 Å². The fourth-order valence-electron chi connectivity index (χ4n) is 9.94. The first-order valence-corrected chi connectivity index (χ1v) is 27.1. The largest absolute Gasteiger partial charge is 0.466 e. The van der Waals surface area contributed by atoms with Crippen LogP contribution in [0.25, 0.3) is 0 Å². The molecule has 2 aliphatic rings. The van der Waals surface area contributed by atoms with E-state index in [2.05, 4.69) is 0 Å². The minimum Gasteiger partial charge on any atom is -0.466 e. The molecule has 13 nitrogen and oxygen atoms in total. The number of hydrogen-bond acceptors (Lipinski definition) is 13. The zero-order valence-electron chi connectivity index (χ0n) is 45.0. The Balaban J connectivity index is 1.12. The van der Waals surface area contributed by atoms with Gasteiger partial charge in [0.2, 0.25) is 5.79 Å². The maximum absolute atomic E-state index is 12.7. The van der Waals surface area contributed by atoms with Crippen LogP contribution >= 0.6 is 0 Å². The van der Waals surface area contributed by atoms with Crippen molar-refractivity contribution in [1.29, 1.82) is 0 Å². The van der Waals surface area contributed by atoms with E-state index in [1.807, 2.05) is 212 Å². The van der Waals surface area contributed by atoms with Crippen LogP contribution < -0.4 is 0 Å². The van der Waals surface area contributed by atoms with Crippen LogP contribution in [0.15, 0.2) is 212 Å². The number of benzene rings is 7. The minimum atomic E-state index is -1.73. The molecule has 0 N–H and O–H groups in total. The Morgan fingerprint density at radius 3 is 1.18 bits per heavy atom. The molecule has 414 valence electrons. The van der Waals surface area contributed by atoms with E-state index in [9.17, 15) is 4.79 Å². The molecule has 0 saturated carbocycles. The van der Waals surface area contributed by atoms with Crippen molar-refractivity contribution in [2.24, 2.45) is 0 Å². The average molecular weight is 1070 g/mol. The molecule has 7 aromatic rings. The number of ether oxygens (including phenoxy) is 12. The molecular weight excluding hydrogens is 1000 g/mol. The van der Waals surface area contributed by atoms with Crippen LogP contribution in [0.3, 0.4) is 0 Å². The molecule has 10 atom stereocenters. The third-order valence-corrected chi connectivity index (χ3v) is 13.9. The fourth-order valence-corrected chi connectivity index (χ4v) is 9.94. The van der Waals surface area contributed by atoms with Gasteiger partial charge in [-0.1, -0.05) is 212 Å². The van der Waals surface area contributed by atoms with Gasteiger partial charge in [0.05, 0.1) is 66.1 Å². The summed E-state index contributed by atoms with van der Waals surface area (Å²) in [6.45, 7) is 2.76. The lowest BCUT2D eigenvalue weighted by molar-refractivity contribution is -0.397. The van der Waals surface area contributed by atoms with Gasteiger partial charge in [-0.15, -0.1) is 0 Å². The second-order valence-corrected chi connectivity index (χ2v) is 19.7. The van der Waals surface area contributed by atoms with E-state index in [4.69, 9.17) is 56.8 Å². The second-order valence-electron chi connectivity index (χ2n) is 19.7. The van der Waals surface area contributed by atoms with E-state index >= 15 is 0 Å². The minimum absolute atomic E-state index is 0.00450. The van der Waals surface area contributed by atoms with Gasteiger partial charge in [-0.2, -0.15) is 0 Å². The third kappa shape index (κ3) is 16.8. The first-order valence-electron chi connectivity index (χ1n) is 27.1. The van der Waals surface area contributed by atoms with Crippen molar-refractivity contribution in [1.82, 2.24) is 0 Å². The van der Waals surface area contributed by atoms with Crippen LogP contribution in [0.1, 0.15) is 52.3 Å². The fraction of sp³-hybridized carbons (Fsp3) is 0.348. The normalized spacial score (nSPS) is 23.9. The molecule has 13 heteroatoms. The summed E-state index contributed by atoms with van der Waals surface area (Å²) in [6, 6.07) is 69.6. The Morgan fingerprint density at radius 1 is 0.418 bits per heavy atom. The Bertz CT molecular complexity index is 2780. The molecule has 0 amide bonds. The zero-order valence-corrected chi connectivity index (χ0v) is 45.0. The Morgan fingerprint density at radius 2 is 0.772 bits per heavy atom. The van der Waals surface area contributed by atoms with Crippen molar-refractivity contribution >= 4 is 5.97 Å². The molecule has 0 bridgehead atoms. The summed E-state index contributed by atoms with van der Waals surface area (Å²) in [7, 11) is 1.59. The third-order valence-electron chi connectivity index (χ3n) is 13.9. The lowest BCUT2D eigenvalue weighted by atomic mass is 9.89. The van der Waals surface area contributed by atoms with Crippen molar-refractivity contribution in [2.45, 2.75) is 121 Å². The number of methoxy groups -OCH3 is 1. The highest BCUT2D eigenvalue weighted by Crippen LogP contribution is 2.42. The molecule has 0 aliphatic carbocycles. The molecule has 2 fully saturated rings. The highest BCUT2D eigenvalue weighted by Gasteiger charge is 2.59. The van der Waals surface area contributed by atoms with Crippen molar-refractivity contribution in [3.8, 4) is 0 Å². The van der Waals surface area contributed by atoms with Gasteiger partial charge in [0.1, 0.15) is 48.8 Å². The van der Waals surface area contributed by atoms with Crippen molar-refractivity contribution < 1.29 is 61.6 Å². The number of rotatable bonds is 29. The highest BCUT2D eigenvalue weighted by molar-refractivity contribution is 5.65. The van der Waals surface area contributed by atoms with Gasteiger partial charge in [-0.05, 0) is 38.9 Å². The second kappa shape index (κ2) is 30.2. The topological polar surface area (TPSA) is 128 Å². The molecule has 2 saturated heterocycles. The molecule has 0 unspecified atom stereocenters. The van der Waals surface area contributed by atoms with Gasteiger partial charge in [0, 0.05) is 20.5 Å². The zero-order chi connectivity index (χ0) is 54.3. The quantitative estimate of drug-likeness (QED) is 0.0413. The maximum atomic E-state index is 12.7. The number of carbonyl (C=O) groups excluding carboxylic acids is 1. The monoisotopic (exact) mass is 1070 g/mol. The summed E-state index contributed by atoms with van der Waals surface area (Å²) in [5.41, 5.74) is 6.65. The van der Waals surface area contributed by atoms with E-state index in [1.165, 1.54) is 6.92 Å². The first kappa shape index (κ1) is 57.3. The van der Waals surface area contributed by atoms with E-state index in [1.54, 1.807) is 7.11 Å². The highest BCUT2D eigenvalue weighted by atomic mass is 16.8. The molecule has 0 aromatic heterocycles. The molecule has 2 heterocycles.